The highest BCUT2D eigenvalue weighted by molar-refractivity contribution is 6.17. The maximum Gasteiger partial charge on any atom is 0.0684 e. The first-order valence-corrected chi connectivity index (χ1v) is 5.24. The molecule has 0 heterocycles. The van der Waals surface area contributed by atoms with Crippen molar-refractivity contribution < 1.29 is 5.11 Å². The molecule has 0 aliphatic carbocycles. The molecule has 2 heteroatoms. The van der Waals surface area contributed by atoms with E-state index in [4.69, 9.17) is 16.7 Å². The van der Waals surface area contributed by atoms with Gasteiger partial charge >= 0.3 is 0 Å². The summed E-state index contributed by atoms with van der Waals surface area (Å²) >= 11 is 5.56. The Kier molecular flexibility index (Phi) is 4.71. The summed E-state index contributed by atoms with van der Waals surface area (Å²) in [6.45, 7) is 2.10. The number of rotatable bonds is 4. The lowest BCUT2D eigenvalue weighted by Crippen LogP contribution is -1.88. The lowest BCUT2D eigenvalue weighted by molar-refractivity contribution is 0.281. The van der Waals surface area contributed by atoms with Gasteiger partial charge in [0.1, 0.15) is 0 Å². The molecule has 0 radical (unpaired) electrons. The molecule has 1 N–H and O–H groups in total. The van der Waals surface area contributed by atoms with E-state index < -0.39 is 0 Å². The summed E-state index contributed by atoms with van der Waals surface area (Å²) in [6, 6.07) is 6.06. The number of aliphatic hydroxyl groups excluding tert-OH is 1. The van der Waals surface area contributed by atoms with Crippen LogP contribution in [-0.4, -0.2) is 11.0 Å². The van der Waals surface area contributed by atoms with E-state index in [2.05, 4.69) is 0 Å². The number of benzene rings is 1. The predicted octanol–water partition coefficient (Wildman–Crippen LogP) is 3.13. The first kappa shape index (κ1) is 11.3. The minimum Gasteiger partial charge on any atom is -0.392 e. The Labute approximate surface area is 90.0 Å². The van der Waals surface area contributed by atoms with Gasteiger partial charge in [-0.2, -0.15) is 0 Å². The molecule has 0 saturated carbocycles. The monoisotopic (exact) mass is 210 g/mol. The maximum absolute atomic E-state index is 9.07. The number of allylic oxidation sites excluding steroid dienone is 1. The molecule has 0 saturated heterocycles. The van der Waals surface area contributed by atoms with E-state index in [-0.39, 0.29) is 6.61 Å². The third-order valence-electron chi connectivity index (χ3n) is 2.13. The Balaban J connectivity index is 2.79. The van der Waals surface area contributed by atoms with Gasteiger partial charge in [-0.15, -0.1) is 11.6 Å². The minimum atomic E-state index is 0.100. The van der Waals surface area contributed by atoms with Gasteiger partial charge in [-0.3, -0.25) is 0 Å². The van der Waals surface area contributed by atoms with Crippen LogP contribution in [-0.2, 0) is 6.61 Å². The van der Waals surface area contributed by atoms with Crippen LogP contribution in [0.3, 0.4) is 0 Å². The molecule has 0 unspecified atom stereocenters. The molecule has 0 bridgehead atoms. The number of alkyl halides is 1. The Morgan fingerprint density at radius 3 is 2.86 bits per heavy atom. The van der Waals surface area contributed by atoms with Gasteiger partial charge in [0.05, 0.1) is 6.61 Å². The Morgan fingerprint density at radius 1 is 1.43 bits per heavy atom. The highest BCUT2D eigenvalue weighted by Crippen LogP contribution is 2.12. The summed E-state index contributed by atoms with van der Waals surface area (Å²) in [6.07, 6.45) is 4.95. The summed E-state index contributed by atoms with van der Waals surface area (Å²) in [5.74, 6) is 0.648. The second kappa shape index (κ2) is 5.84. The molecule has 14 heavy (non-hydrogen) atoms. The molecule has 0 atom stereocenters. The zero-order chi connectivity index (χ0) is 10.4. The molecule has 0 aromatic heterocycles. The zero-order valence-corrected chi connectivity index (χ0v) is 9.09. The van der Waals surface area contributed by atoms with E-state index in [1.54, 1.807) is 0 Å². The van der Waals surface area contributed by atoms with Gasteiger partial charge in [-0.05, 0) is 36.1 Å². The summed E-state index contributed by atoms with van der Waals surface area (Å²) in [5, 5.41) is 9.07. The number of hydrogen-bond donors (Lipinski definition) is 1. The van der Waals surface area contributed by atoms with Crippen molar-refractivity contribution in [3.05, 3.63) is 41.0 Å². The summed E-state index contributed by atoms with van der Waals surface area (Å²) in [5.41, 5.74) is 3.23. The van der Waals surface area contributed by atoms with Gasteiger partial charge in [-0.25, -0.2) is 0 Å². The number of halogens is 1. The molecule has 0 spiro atoms. The molecule has 1 aromatic carbocycles. The average molecular weight is 211 g/mol. The van der Waals surface area contributed by atoms with Crippen molar-refractivity contribution in [2.75, 3.05) is 5.88 Å². The quantitative estimate of drug-likeness (QED) is 0.758. The van der Waals surface area contributed by atoms with Gasteiger partial charge in [0.15, 0.2) is 0 Å². The van der Waals surface area contributed by atoms with Gasteiger partial charge in [0, 0.05) is 5.88 Å². The molecule has 0 aliphatic heterocycles. The van der Waals surface area contributed by atoms with Crippen LogP contribution >= 0.6 is 11.6 Å². The van der Waals surface area contributed by atoms with Gasteiger partial charge in [0.2, 0.25) is 0 Å². The third kappa shape index (κ3) is 3.17. The van der Waals surface area contributed by atoms with Crippen LogP contribution in [0.2, 0.25) is 0 Å². The van der Waals surface area contributed by atoms with Crippen molar-refractivity contribution in [1.29, 1.82) is 0 Å². The number of aliphatic hydroxyl groups is 1. The van der Waals surface area contributed by atoms with Crippen LogP contribution in [0.1, 0.15) is 23.1 Å². The zero-order valence-electron chi connectivity index (χ0n) is 8.33. The average Bonchev–Trinajstić information content (AvgIpc) is 2.21. The van der Waals surface area contributed by atoms with Crippen molar-refractivity contribution in [2.45, 2.75) is 20.0 Å². The van der Waals surface area contributed by atoms with Gasteiger partial charge in [0.25, 0.3) is 0 Å². The fourth-order valence-corrected chi connectivity index (χ4v) is 1.37. The molecular formula is C12H15ClO. The maximum atomic E-state index is 9.07. The normalized spacial score (nSPS) is 11.1. The Morgan fingerprint density at radius 2 is 2.21 bits per heavy atom. The molecule has 1 aromatic rings. The fourth-order valence-electron chi connectivity index (χ4n) is 1.25. The second-order valence-electron chi connectivity index (χ2n) is 3.22. The van der Waals surface area contributed by atoms with E-state index in [1.807, 2.05) is 37.3 Å². The SMILES string of the molecule is Cc1ccc(C=CCCCl)cc1CO. The highest BCUT2D eigenvalue weighted by Gasteiger charge is 1.96. The predicted molar refractivity (Wildman–Crippen MR) is 61.5 cm³/mol. The standard InChI is InChI=1S/C12H15ClO/c1-10-5-6-11(4-2-3-7-13)8-12(10)9-14/h2,4-6,8,14H,3,7,9H2,1H3. The van der Waals surface area contributed by atoms with Crippen LogP contribution in [0.4, 0.5) is 0 Å². The van der Waals surface area contributed by atoms with Gasteiger partial charge < -0.3 is 5.11 Å². The first-order chi connectivity index (χ1) is 6.77. The van der Waals surface area contributed by atoms with Crippen LogP contribution in [0.5, 0.6) is 0 Å². The third-order valence-corrected chi connectivity index (χ3v) is 2.35. The molecule has 0 aliphatic rings. The number of aryl methyl sites for hydroxylation is 1. The minimum absolute atomic E-state index is 0.100. The lowest BCUT2D eigenvalue weighted by atomic mass is 10.1. The molecular weight excluding hydrogens is 196 g/mol. The van der Waals surface area contributed by atoms with E-state index in [1.165, 1.54) is 0 Å². The largest absolute Gasteiger partial charge is 0.392 e. The summed E-state index contributed by atoms with van der Waals surface area (Å²) in [4.78, 5) is 0. The van der Waals surface area contributed by atoms with Crippen LogP contribution in [0.15, 0.2) is 24.3 Å². The number of hydrogen-bond acceptors (Lipinski definition) is 1. The van der Waals surface area contributed by atoms with Crippen molar-refractivity contribution in [2.24, 2.45) is 0 Å². The highest BCUT2D eigenvalue weighted by atomic mass is 35.5. The van der Waals surface area contributed by atoms with Crippen LogP contribution < -0.4 is 0 Å². The van der Waals surface area contributed by atoms with Gasteiger partial charge in [-0.1, -0.05) is 24.3 Å². The lowest BCUT2D eigenvalue weighted by Gasteiger charge is -2.03. The van der Waals surface area contributed by atoms with Crippen molar-refractivity contribution in [1.82, 2.24) is 0 Å². The van der Waals surface area contributed by atoms with Crippen LogP contribution in [0.25, 0.3) is 6.08 Å². The van der Waals surface area contributed by atoms with Crippen molar-refractivity contribution in [3.63, 3.8) is 0 Å². The molecule has 1 rings (SSSR count). The first-order valence-electron chi connectivity index (χ1n) is 4.71. The fraction of sp³-hybridized carbons (Fsp3) is 0.333. The summed E-state index contributed by atoms with van der Waals surface area (Å²) < 4.78 is 0. The molecule has 0 amide bonds. The Bertz CT molecular complexity index is 318. The van der Waals surface area contributed by atoms with Crippen molar-refractivity contribution >= 4 is 17.7 Å². The molecule has 0 fully saturated rings. The van der Waals surface area contributed by atoms with E-state index in [0.29, 0.717) is 5.88 Å². The topological polar surface area (TPSA) is 20.2 Å². The summed E-state index contributed by atoms with van der Waals surface area (Å²) in [7, 11) is 0. The van der Waals surface area contributed by atoms with Crippen molar-refractivity contribution in [3.8, 4) is 0 Å². The molecule has 1 nitrogen and oxygen atoms in total. The van der Waals surface area contributed by atoms with E-state index in [0.717, 1.165) is 23.1 Å². The molecule has 76 valence electrons. The van der Waals surface area contributed by atoms with E-state index >= 15 is 0 Å². The van der Waals surface area contributed by atoms with E-state index in [9.17, 15) is 0 Å². The van der Waals surface area contributed by atoms with Crippen LogP contribution in [0, 0.1) is 6.92 Å². The smallest absolute Gasteiger partial charge is 0.0684 e. The second-order valence-corrected chi connectivity index (χ2v) is 3.60. The Hall–Kier alpha value is -0.790.